The average molecular weight is 400 g/mol. The summed E-state index contributed by atoms with van der Waals surface area (Å²) in [5.74, 6) is -0.833. The number of carboxylic acids is 1. The summed E-state index contributed by atoms with van der Waals surface area (Å²) >= 11 is 0. The van der Waals surface area contributed by atoms with Gasteiger partial charge >= 0.3 is 8.60 Å². The monoisotopic (exact) mass is 401 g/mol. The zero-order chi connectivity index (χ0) is 9.98. The smallest absolute Gasteiger partial charge is 0.395 e. The van der Waals surface area contributed by atoms with Crippen molar-refractivity contribution in [2.45, 2.75) is 20.8 Å². The zero-order valence-electron chi connectivity index (χ0n) is 8.24. The summed E-state index contributed by atoms with van der Waals surface area (Å²) in [6, 6.07) is 0. The Kier molecular flexibility index (Phi) is 22.6. The topological polar surface area (TPSA) is 76.0 Å². The summed E-state index contributed by atoms with van der Waals surface area (Å²) in [4.78, 5) is 17.7. The van der Waals surface area contributed by atoms with Crippen molar-refractivity contribution >= 4 is 14.6 Å². The Bertz CT molecular complexity index is 103. The summed E-state index contributed by atoms with van der Waals surface area (Å²) < 4.78 is 9.43. The van der Waals surface area contributed by atoms with Gasteiger partial charge in [0.1, 0.15) is 0 Å². The van der Waals surface area contributed by atoms with E-state index in [2.05, 4.69) is 0 Å². The van der Waals surface area contributed by atoms with Crippen LogP contribution in [0.3, 0.4) is 0 Å². The minimum Gasteiger partial charge on any atom is -0.481 e. The van der Waals surface area contributed by atoms with Crippen molar-refractivity contribution in [2.24, 2.45) is 0 Å². The van der Waals surface area contributed by atoms with E-state index in [1.165, 1.54) is 0 Å². The molecule has 0 rings (SSSR count). The Morgan fingerprint density at radius 3 is 1.69 bits per heavy atom. The number of hydrogen-bond acceptors (Lipinski definition) is 4. The van der Waals surface area contributed by atoms with Crippen molar-refractivity contribution in [3.05, 3.63) is 0 Å². The second kappa shape index (κ2) is 15.2. The number of carboxylic acid groups (broad SMARTS) is 1. The van der Waals surface area contributed by atoms with Crippen LogP contribution in [-0.4, -0.2) is 29.2 Å². The van der Waals surface area contributed by atoms with Crippen LogP contribution in [-0.2, 0) is 41.5 Å². The average Bonchev–Trinajstić information content (AvgIpc) is 1.87. The van der Waals surface area contributed by atoms with E-state index in [1.54, 1.807) is 0 Å². The van der Waals surface area contributed by atoms with Gasteiger partial charge in [-0.3, -0.25) is 4.79 Å². The number of carbonyl (C=O) groups is 1. The number of aliphatic carboxylic acids is 1. The molecule has 0 saturated carbocycles. The van der Waals surface area contributed by atoms with Gasteiger partial charge in [-0.25, -0.2) is 0 Å². The molecule has 0 unspecified atom stereocenters. The molecule has 0 aliphatic heterocycles. The molecule has 0 atom stereocenters. The number of rotatable bonds is 4. The van der Waals surface area contributed by atoms with Crippen molar-refractivity contribution in [2.75, 3.05) is 13.2 Å². The molecule has 0 amide bonds. The van der Waals surface area contributed by atoms with Gasteiger partial charge in [-0.1, -0.05) is 0 Å². The zero-order valence-corrected chi connectivity index (χ0v) is 14.7. The second-order valence-electron chi connectivity index (χ2n) is 1.65. The van der Waals surface area contributed by atoms with Crippen LogP contribution in [0.25, 0.3) is 0 Å². The molecular weight excluding hydrogens is 384 g/mol. The predicted octanol–water partition coefficient (Wildman–Crippen LogP) is 1.10. The fraction of sp³-hybridized carbons (Fsp3) is 0.833. The van der Waals surface area contributed by atoms with E-state index >= 15 is 0 Å². The molecule has 0 aromatic carbocycles. The Balaban J connectivity index is -0.000000173. The van der Waals surface area contributed by atoms with Crippen LogP contribution in [0.15, 0.2) is 0 Å². The van der Waals surface area contributed by atoms with Gasteiger partial charge in [-0.05, 0) is 13.8 Å². The van der Waals surface area contributed by atoms with Crippen molar-refractivity contribution in [1.82, 2.24) is 0 Å². The summed E-state index contributed by atoms with van der Waals surface area (Å²) in [6.07, 6.45) is 0. The maximum Gasteiger partial charge on any atom is 0.395 e. The molecule has 0 aromatic heterocycles. The summed E-state index contributed by atoms with van der Waals surface area (Å²) in [5, 5.41) is 7.42. The van der Waals surface area contributed by atoms with Crippen molar-refractivity contribution < 1.29 is 51.5 Å². The van der Waals surface area contributed by atoms with E-state index in [4.69, 9.17) is 23.8 Å². The Labute approximate surface area is 99.9 Å². The first-order chi connectivity index (χ1) is 5.54. The Morgan fingerprint density at radius 2 is 1.54 bits per heavy atom. The standard InChI is InChI=1S/C4H12O3P.C2H4O2.Hg/c1-3-6-8(5)7-4-2;1-2(3)4;/h5,8H,3-4H2,1-2H3;1H3,(H,3,4);/q+1;;. The van der Waals surface area contributed by atoms with Gasteiger partial charge in [-0.15, -0.1) is 0 Å². The van der Waals surface area contributed by atoms with Gasteiger partial charge < -0.3 is 5.11 Å². The van der Waals surface area contributed by atoms with Crippen LogP contribution < -0.4 is 0 Å². The Morgan fingerprint density at radius 1 is 1.31 bits per heavy atom. The van der Waals surface area contributed by atoms with Crippen molar-refractivity contribution in [3.63, 3.8) is 0 Å². The third kappa shape index (κ3) is 32.4. The number of hydrogen-bond donors (Lipinski definition) is 2. The van der Waals surface area contributed by atoms with Crippen LogP contribution in [0, 0.1) is 0 Å². The van der Waals surface area contributed by atoms with Crippen LogP contribution >= 0.6 is 8.60 Å². The quantitative estimate of drug-likeness (QED) is 0.547. The second-order valence-corrected chi connectivity index (χ2v) is 2.76. The van der Waals surface area contributed by atoms with Crippen LogP contribution in [0.4, 0.5) is 0 Å². The van der Waals surface area contributed by atoms with Gasteiger partial charge in [0, 0.05) is 34.6 Å². The first kappa shape index (κ1) is 19.3. The third-order valence-electron chi connectivity index (χ3n) is 0.536. The largest absolute Gasteiger partial charge is 0.481 e. The molecule has 13 heavy (non-hydrogen) atoms. The molecule has 0 heterocycles. The summed E-state index contributed by atoms with van der Waals surface area (Å²) in [7, 11) is -1.89. The van der Waals surface area contributed by atoms with E-state index in [0.29, 0.717) is 13.2 Å². The summed E-state index contributed by atoms with van der Waals surface area (Å²) in [5.41, 5.74) is 0. The van der Waals surface area contributed by atoms with Crippen molar-refractivity contribution in [3.8, 4) is 0 Å². The molecule has 7 heteroatoms. The molecule has 0 aromatic rings. The first-order valence-corrected chi connectivity index (χ1v) is 4.81. The van der Waals surface area contributed by atoms with Gasteiger partial charge in [0.15, 0.2) is 0 Å². The molecule has 76 valence electrons. The Hall–Kier alpha value is 0.715. The van der Waals surface area contributed by atoms with Crippen LogP contribution in [0.1, 0.15) is 20.8 Å². The predicted molar refractivity (Wildman–Crippen MR) is 47.1 cm³/mol. The molecule has 0 aliphatic carbocycles. The van der Waals surface area contributed by atoms with Gasteiger partial charge in [0.05, 0.1) is 13.2 Å². The van der Waals surface area contributed by atoms with Crippen LogP contribution in [0.5, 0.6) is 0 Å². The van der Waals surface area contributed by atoms with Gasteiger partial charge in [-0.2, -0.15) is 13.9 Å². The maximum absolute atomic E-state index is 9.00. The molecule has 0 radical (unpaired) electrons. The first-order valence-electron chi connectivity index (χ1n) is 3.55. The molecule has 2 N–H and O–H groups in total. The third-order valence-corrected chi connectivity index (χ3v) is 1.61. The van der Waals surface area contributed by atoms with E-state index in [9.17, 15) is 0 Å². The van der Waals surface area contributed by atoms with Crippen LogP contribution in [0.2, 0.25) is 0 Å². The van der Waals surface area contributed by atoms with E-state index in [1.807, 2.05) is 13.8 Å². The SMILES string of the molecule is CC(=O)O.CCO[PH+](O)OCC.[Hg]. The molecule has 5 nitrogen and oxygen atoms in total. The molecule has 0 fully saturated rings. The minimum atomic E-state index is -1.89. The fourth-order valence-electron chi connectivity index (χ4n) is 0.289. The van der Waals surface area contributed by atoms with Gasteiger partial charge in [0.2, 0.25) is 0 Å². The minimum absolute atomic E-state index is 0. The molecule has 0 spiro atoms. The maximum atomic E-state index is 9.00. The van der Waals surface area contributed by atoms with E-state index in [-0.39, 0.29) is 27.7 Å². The normalized spacial score (nSPS) is 8.38. The molecule has 0 saturated heterocycles. The molecular formula is C6H16HgO5P+. The fourth-order valence-corrected chi connectivity index (χ4v) is 0.866. The van der Waals surface area contributed by atoms with E-state index < -0.39 is 14.6 Å². The van der Waals surface area contributed by atoms with E-state index in [0.717, 1.165) is 6.92 Å². The molecule has 0 aliphatic rings. The van der Waals surface area contributed by atoms with Gasteiger partial charge in [0.25, 0.3) is 5.97 Å². The molecule has 0 bridgehead atoms. The van der Waals surface area contributed by atoms with Crippen molar-refractivity contribution in [1.29, 1.82) is 0 Å². The summed E-state index contributed by atoms with van der Waals surface area (Å²) in [6.45, 7) is 5.76.